The van der Waals surface area contributed by atoms with Gasteiger partial charge in [0.1, 0.15) is 18.1 Å². The molecule has 0 saturated heterocycles. The molecule has 112 valence electrons. The van der Waals surface area contributed by atoms with Crippen LogP contribution in [0.3, 0.4) is 0 Å². The molecule has 4 heteroatoms. The molecule has 0 amide bonds. The number of rotatable bonds is 7. The highest BCUT2D eigenvalue weighted by Gasteiger charge is 2.06. The zero-order valence-corrected chi connectivity index (χ0v) is 12.6. The van der Waals surface area contributed by atoms with Crippen molar-refractivity contribution < 1.29 is 9.47 Å². The fourth-order valence-electron chi connectivity index (χ4n) is 2.01. The molecule has 1 aromatic heterocycles. The van der Waals surface area contributed by atoms with Crippen molar-refractivity contribution in [3.05, 3.63) is 53.3 Å². The van der Waals surface area contributed by atoms with Crippen LogP contribution in [0.5, 0.6) is 11.5 Å². The molecular weight excluding hydrogens is 264 g/mol. The highest BCUT2D eigenvalue weighted by molar-refractivity contribution is 5.40. The van der Waals surface area contributed by atoms with Gasteiger partial charge in [0.2, 0.25) is 0 Å². The molecule has 1 heterocycles. The van der Waals surface area contributed by atoms with E-state index in [9.17, 15) is 0 Å². The molecule has 0 bridgehead atoms. The Morgan fingerprint density at radius 2 is 2.00 bits per heavy atom. The van der Waals surface area contributed by atoms with E-state index in [2.05, 4.69) is 18.0 Å². The van der Waals surface area contributed by atoms with Gasteiger partial charge in [0.25, 0.3) is 0 Å². The molecule has 2 rings (SSSR count). The Balaban J connectivity index is 2.09. The Bertz CT molecular complexity index is 585. The van der Waals surface area contributed by atoms with Gasteiger partial charge >= 0.3 is 0 Å². The Morgan fingerprint density at radius 1 is 1.14 bits per heavy atom. The SMILES string of the molecule is CCCOc1ccc(CN)c(OCc2cncc(C)c2)c1. The maximum Gasteiger partial charge on any atom is 0.127 e. The molecule has 0 fully saturated rings. The van der Waals surface area contributed by atoms with Crippen LogP contribution in [-0.4, -0.2) is 11.6 Å². The van der Waals surface area contributed by atoms with Gasteiger partial charge < -0.3 is 15.2 Å². The fraction of sp³-hybridized carbons (Fsp3) is 0.353. The minimum Gasteiger partial charge on any atom is -0.493 e. The average Bonchev–Trinajstić information content (AvgIpc) is 2.51. The van der Waals surface area contributed by atoms with Crippen LogP contribution in [0.15, 0.2) is 36.7 Å². The lowest BCUT2D eigenvalue weighted by Crippen LogP contribution is -2.04. The van der Waals surface area contributed by atoms with E-state index in [1.54, 1.807) is 0 Å². The van der Waals surface area contributed by atoms with Crippen LogP contribution in [0.25, 0.3) is 0 Å². The summed E-state index contributed by atoms with van der Waals surface area (Å²) in [7, 11) is 0. The molecule has 21 heavy (non-hydrogen) atoms. The first kappa shape index (κ1) is 15.3. The summed E-state index contributed by atoms with van der Waals surface area (Å²) in [6, 6.07) is 7.85. The molecule has 2 aromatic rings. The first-order valence-electron chi connectivity index (χ1n) is 7.22. The zero-order valence-electron chi connectivity index (χ0n) is 12.6. The van der Waals surface area contributed by atoms with Gasteiger partial charge in [-0.25, -0.2) is 0 Å². The van der Waals surface area contributed by atoms with Crippen LogP contribution in [0.4, 0.5) is 0 Å². The number of benzene rings is 1. The number of hydrogen-bond donors (Lipinski definition) is 1. The van der Waals surface area contributed by atoms with E-state index in [-0.39, 0.29) is 0 Å². The second kappa shape index (κ2) is 7.64. The monoisotopic (exact) mass is 286 g/mol. The number of ether oxygens (including phenoxy) is 2. The molecule has 0 atom stereocenters. The van der Waals surface area contributed by atoms with E-state index in [1.807, 2.05) is 37.5 Å². The van der Waals surface area contributed by atoms with Gasteiger partial charge in [-0.1, -0.05) is 13.0 Å². The summed E-state index contributed by atoms with van der Waals surface area (Å²) < 4.78 is 11.5. The summed E-state index contributed by atoms with van der Waals surface area (Å²) in [5, 5.41) is 0. The third kappa shape index (κ3) is 4.46. The number of aromatic nitrogens is 1. The van der Waals surface area contributed by atoms with Crippen molar-refractivity contribution in [2.75, 3.05) is 6.61 Å². The van der Waals surface area contributed by atoms with Gasteiger partial charge in [0, 0.05) is 36.1 Å². The van der Waals surface area contributed by atoms with Crippen LogP contribution in [-0.2, 0) is 13.2 Å². The number of hydrogen-bond acceptors (Lipinski definition) is 4. The van der Waals surface area contributed by atoms with Crippen molar-refractivity contribution >= 4 is 0 Å². The third-order valence-corrected chi connectivity index (χ3v) is 3.06. The lowest BCUT2D eigenvalue weighted by atomic mass is 10.2. The molecule has 2 N–H and O–H groups in total. The molecule has 0 unspecified atom stereocenters. The largest absolute Gasteiger partial charge is 0.493 e. The summed E-state index contributed by atoms with van der Waals surface area (Å²) >= 11 is 0. The molecule has 4 nitrogen and oxygen atoms in total. The summed E-state index contributed by atoms with van der Waals surface area (Å²) in [4.78, 5) is 4.17. The highest BCUT2D eigenvalue weighted by atomic mass is 16.5. The van der Waals surface area contributed by atoms with Crippen LogP contribution in [0.2, 0.25) is 0 Å². The molecular formula is C17H22N2O2. The highest BCUT2D eigenvalue weighted by Crippen LogP contribution is 2.25. The Morgan fingerprint density at radius 3 is 2.71 bits per heavy atom. The molecule has 1 aromatic carbocycles. The molecule has 0 saturated carbocycles. The van der Waals surface area contributed by atoms with Gasteiger partial charge in [0.05, 0.1) is 6.61 Å². The smallest absolute Gasteiger partial charge is 0.127 e. The Hall–Kier alpha value is -2.07. The van der Waals surface area contributed by atoms with Crippen molar-refractivity contribution in [2.24, 2.45) is 5.73 Å². The predicted molar refractivity (Wildman–Crippen MR) is 83.4 cm³/mol. The third-order valence-electron chi connectivity index (χ3n) is 3.06. The summed E-state index contributed by atoms with van der Waals surface area (Å²) in [6.07, 6.45) is 4.62. The summed E-state index contributed by atoms with van der Waals surface area (Å²) in [6.45, 7) is 5.70. The van der Waals surface area contributed by atoms with Crippen LogP contribution < -0.4 is 15.2 Å². The van der Waals surface area contributed by atoms with E-state index in [0.717, 1.165) is 34.6 Å². The van der Waals surface area contributed by atoms with E-state index in [1.165, 1.54) is 0 Å². The summed E-state index contributed by atoms with van der Waals surface area (Å²) in [5.74, 6) is 1.58. The molecule has 0 aliphatic heterocycles. The summed E-state index contributed by atoms with van der Waals surface area (Å²) in [5.41, 5.74) is 8.89. The maximum atomic E-state index is 5.89. The molecule has 0 aliphatic rings. The fourth-order valence-corrected chi connectivity index (χ4v) is 2.01. The van der Waals surface area contributed by atoms with Gasteiger partial charge in [-0.05, 0) is 31.0 Å². The number of nitrogens with zero attached hydrogens (tertiary/aromatic N) is 1. The standard InChI is InChI=1S/C17H22N2O2/c1-3-6-20-16-5-4-15(9-18)17(8-16)21-12-14-7-13(2)10-19-11-14/h4-5,7-8,10-11H,3,6,9,12,18H2,1-2H3. The quantitative estimate of drug-likeness (QED) is 0.849. The minimum absolute atomic E-state index is 0.440. The van der Waals surface area contributed by atoms with Crippen molar-refractivity contribution in [2.45, 2.75) is 33.4 Å². The van der Waals surface area contributed by atoms with E-state index in [4.69, 9.17) is 15.2 Å². The van der Waals surface area contributed by atoms with Crippen LogP contribution in [0, 0.1) is 6.92 Å². The first-order valence-corrected chi connectivity index (χ1v) is 7.22. The van der Waals surface area contributed by atoms with Gasteiger partial charge in [-0.15, -0.1) is 0 Å². The number of pyridine rings is 1. The lowest BCUT2D eigenvalue weighted by Gasteiger charge is -2.13. The van der Waals surface area contributed by atoms with Gasteiger partial charge in [0.15, 0.2) is 0 Å². The van der Waals surface area contributed by atoms with E-state index in [0.29, 0.717) is 19.8 Å². The van der Waals surface area contributed by atoms with Gasteiger partial charge in [-0.2, -0.15) is 0 Å². The lowest BCUT2D eigenvalue weighted by molar-refractivity contribution is 0.292. The molecule has 0 spiro atoms. The van der Waals surface area contributed by atoms with Crippen molar-refractivity contribution in [1.82, 2.24) is 4.98 Å². The average molecular weight is 286 g/mol. The predicted octanol–water partition coefficient (Wildman–Crippen LogP) is 3.22. The molecule has 0 radical (unpaired) electrons. The molecule has 0 aliphatic carbocycles. The maximum absolute atomic E-state index is 5.89. The zero-order chi connectivity index (χ0) is 15.1. The van der Waals surface area contributed by atoms with Crippen LogP contribution in [0.1, 0.15) is 30.0 Å². The van der Waals surface area contributed by atoms with Crippen molar-refractivity contribution in [1.29, 1.82) is 0 Å². The first-order chi connectivity index (χ1) is 10.2. The minimum atomic E-state index is 0.440. The normalized spacial score (nSPS) is 10.4. The second-order valence-corrected chi connectivity index (χ2v) is 4.98. The second-order valence-electron chi connectivity index (χ2n) is 4.98. The van der Waals surface area contributed by atoms with Crippen molar-refractivity contribution in [3.63, 3.8) is 0 Å². The Labute approximate surface area is 125 Å². The Kier molecular flexibility index (Phi) is 5.58. The van der Waals surface area contributed by atoms with Crippen molar-refractivity contribution in [3.8, 4) is 11.5 Å². The topological polar surface area (TPSA) is 57.4 Å². The van der Waals surface area contributed by atoms with Crippen LogP contribution >= 0.6 is 0 Å². The number of nitrogens with two attached hydrogens (primary N) is 1. The number of aryl methyl sites for hydroxylation is 1. The van der Waals surface area contributed by atoms with Gasteiger partial charge in [-0.3, -0.25) is 4.98 Å². The van der Waals surface area contributed by atoms with E-state index >= 15 is 0 Å². The van der Waals surface area contributed by atoms with E-state index < -0.39 is 0 Å².